The van der Waals surface area contributed by atoms with E-state index in [-0.39, 0.29) is 6.61 Å². The standard InChI is InChI=1S/C11H23NO/c1-4-10(7-13)12-11(8(2)3)9-5-6-9/h8-13H,4-7H2,1-3H3/t10-,11?/m1/s1. The van der Waals surface area contributed by atoms with Gasteiger partial charge in [0.1, 0.15) is 0 Å². The van der Waals surface area contributed by atoms with E-state index in [4.69, 9.17) is 5.11 Å². The van der Waals surface area contributed by atoms with E-state index in [2.05, 4.69) is 26.1 Å². The number of rotatable bonds is 6. The molecule has 13 heavy (non-hydrogen) atoms. The number of nitrogens with one attached hydrogen (secondary N) is 1. The number of aliphatic hydroxyl groups is 1. The third kappa shape index (κ3) is 3.28. The summed E-state index contributed by atoms with van der Waals surface area (Å²) in [6.07, 6.45) is 3.77. The Balaban J connectivity index is 2.36. The molecule has 0 amide bonds. The van der Waals surface area contributed by atoms with Crippen molar-refractivity contribution in [2.75, 3.05) is 6.61 Å². The molecule has 0 radical (unpaired) electrons. The van der Waals surface area contributed by atoms with Gasteiger partial charge in [0.05, 0.1) is 6.61 Å². The molecule has 1 aliphatic carbocycles. The van der Waals surface area contributed by atoms with Gasteiger partial charge in [-0.05, 0) is 31.1 Å². The zero-order valence-electron chi connectivity index (χ0n) is 9.09. The highest BCUT2D eigenvalue weighted by atomic mass is 16.3. The van der Waals surface area contributed by atoms with Crippen LogP contribution in [0.4, 0.5) is 0 Å². The molecule has 0 aromatic carbocycles. The third-order valence-electron chi connectivity index (χ3n) is 2.99. The van der Waals surface area contributed by atoms with Gasteiger partial charge in [-0.25, -0.2) is 0 Å². The van der Waals surface area contributed by atoms with Gasteiger partial charge in [0, 0.05) is 12.1 Å². The van der Waals surface area contributed by atoms with Crippen LogP contribution in [-0.2, 0) is 0 Å². The highest BCUT2D eigenvalue weighted by Crippen LogP contribution is 2.35. The molecule has 1 aliphatic rings. The Morgan fingerprint density at radius 2 is 2.00 bits per heavy atom. The Kier molecular flexibility index (Phi) is 4.20. The summed E-state index contributed by atoms with van der Waals surface area (Å²) < 4.78 is 0. The fourth-order valence-corrected chi connectivity index (χ4v) is 1.90. The van der Waals surface area contributed by atoms with Gasteiger partial charge in [-0.15, -0.1) is 0 Å². The Morgan fingerprint density at radius 3 is 2.31 bits per heavy atom. The molecule has 2 N–H and O–H groups in total. The summed E-state index contributed by atoms with van der Waals surface area (Å²) in [4.78, 5) is 0. The van der Waals surface area contributed by atoms with E-state index in [1.165, 1.54) is 12.8 Å². The van der Waals surface area contributed by atoms with Gasteiger partial charge in [0.15, 0.2) is 0 Å². The lowest BCUT2D eigenvalue weighted by Gasteiger charge is -2.26. The van der Waals surface area contributed by atoms with Gasteiger partial charge in [0.25, 0.3) is 0 Å². The van der Waals surface area contributed by atoms with Crippen molar-refractivity contribution in [3.8, 4) is 0 Å². The zero-order valence-corrected chi connectivity index (χ0v) is 9.09. The molecule has 0 aliphatic heterocycles. The van der Waals surface area contributed by atoms with E-state index in [1.807, 2.05) is 0 Å². The Labute approximate surface area is 81.7 Å². The molecular formula is C11H23NO. The van der Waals surface area contributed by atoms with Crippen LogP contribution in [0, 0.1) is 11.8 Å². The van der Waals surface area contributed by atoms with Gasteiger partial charge in [-0.3, -0.25) is 0 Å². The van der Waals surface area contributed by atoms with E-state index in [0.29, 0.717) is 18.0 Å². The van der Waals surface area contributed by atoms with Crippen LogP contribution in [0.25, 0.3) is 0 Å². The van der Waals surface area contributed by atoms with Gasteiger partial charge >= 0.3 is 0 Å². The highest BCUT2D eigenvalue weighted by molar-refractivity contribution is 4.89. The molecule has 2 nitrogen and oxygen atoms in total. The van der Waals surface area contributed by atoms with Gasteiger partial charge in [-0.1, -0.05) is 20.8 Å². The lowest BCUT2D eigenvalue weighted by atomic mass is 9.98. The van der Waals surface area contributed by atoms with E-state index in [0.717, 1.165) is 12.3 Å². The number of aliphatic hydroxyl groups excluding tert-OH is 1. The molecule has 1 rings (SSSR count). The van der Waals surface area contributed by atoms with E-state index in [1.54, 1.807) is 0 Å². The highest BCUT2D eigenvalue weighted by Gasteiger charge is 2.33. The lowest BCUT2D eigenvalue weighted by Crippen LogP contribution is -2.44. The third-order valence-corrected chi connectivity index (χ3v) is 2.99. The van der Waals surface area contributed by atoms with Crippen molar-refractivity contribution < 1.29 is 5.11 Å². The molecule has 2 heteroatoms. The average Bonchev–Trinajstić information content (AvgIpc) is 2.89. The fourth-order valence-electron chi connectivity index (χ4n) is 1.90. The number of hydrogen-bond donors (Lipinski definition) is 2. The molecule has 1 unspecified atom stereocenters. The summed E-state index contributed by atoms with van der Waals surface area (Å²) in [6, 6.07) is 0.921. The fraction of sp³-hybridized carbons (Fsp3) is 1.00. The second-order valence-corrected chi connectivity index (χ2v) is 4.56. The van der Waals surface area contributed by atoms with Crippen LogP contribution in [0.5, 0.6) is 0 Å². The summed E-state index contributed by atoms with van der Waals surface area (Å²) in [7, 11) is 0. The van der Waals surface area contributed by atoms with Crippen molar-refractivity contribution in [3.05, 3.63) is 0 Å². The Bertz CT molecular complexity index is 137. The maximum Gasteiger partial charge on any atom is 0.0584 e. The molecule has 1 fully saturated rings. The average molecular weight is 185 g/mol. The first kappa shape index (κ1) is 11.0. The molecule has 0 aromatic rings. The molecule has 78 valence electrons. The molecular weight excluding hydrogens is 162 g/mol. The first-order valence-corrected chi connectivity index (χ1v) is 5.56. The minimum atomic E-state index is 0.270. The van der Waals surface area contributed by atoms with E-state index >= 15 is 0 Å². The van der Waals surface area contributed by atoms with Crippen LogP contribution in [0.3, 0.4) is 0 Å². The summed E-state index contributed by atoms with van der Waals surface area (Å²) in [5.41, 5.74) is 0. The SMILES string of the molecule is CC[C@H](CO)NC(C(C)C)C1CC1. The quantitative estimate of drug-likeness (QED) is 0.661. The van der Waals surface area contributed by atoms with Crippen molar-refractivity contribution in [2.45, 2.75) is 52.1 Å². The van der Waals surface area contributed by atoms with Crippen LogP contribution < -0.4 is 5.32 Å². The lowest BCUT2D eigenvalue weighted by molar-refractivity contribution is 0.208. The molecule has 0 heterocycles. The number of hydrogen-bond acceptors (Lipinski definition) is 2. The monoisotopic (exact) mass is 185 g/mol. The summed E-state index contributed by atoms with van der Waals surface area (Å²) in [5, 5.41) is 12.7. The second-order valence-electron chi connectivity index (χ2n) is 4.56. The van der Waals surface area contributed by atoms with Crippen LogP contribution in [0.2, 0.25) is 0 Å². The molecule has 2 atom stereocenters. The van der Waals surface area contributed by atoms with Gasteiger partial charge < -0.3 is 10.4 Å². The van der Waals surface area contributed by atoms with Crippen LogP contribution in [0.15, 0.2) is 0 Å². The molecule has 0 saturated heterocycles. The predicted molar refractivity (Wildman–Crippen MR) is 55.7 cm³/mol. The first-order chi connectivity index (χ1) is 6.19. The van der Waals surface area contributed by atoms with Crippen molar-refractivity contribution in [1.82, 2.24) is 5.32 Å². The minimum Gasteiger partial charge on any atom is -0.395 e. The van der Waals surface area contributed by atoms with Crippen LogP contribution in [-0.4, -0.2) is 23.8 Å². The van der Waals surface area contributed by atoms with Gasteiger partial charge in [-0.2, -0.15) is 0 Å². The largest absolute Gasteiger partial charge is 0.395 e. The molecule has 1 saturated carbocycles. The topological polar surface area (TPSA) is 32.3 Å². The van der Waals surface area contributed by atoms with E-state index < -0.39 is 0 Å². The predicted octanol–water partition coefficient (Wildman–Crippen LogP) is 1.78. The normalized spacial score (nSPS) is 21.9. The Morgan fingerprint density at radius 1 is 1.38 bits per heavy atom. The molecule has 0 bridgehead atoms. The van der Waals surface area contributed by atoms with Crippen molar-refractivity contribution in [2.24, 2.45) is 11.8 Å². The molecule has 0 aromatic heterocycles. The zero-order chi connectivity index (χ0) is 9.84. The summed E-state index contributed by atoms with van der Waals surface area (Å²) in [5.74, 6) is 1.56. The van der Waals surface area contributed by atoms with Crippen LogP contribution >= 0.6 is 0 Å². The van der Waals surface area contributed by atoms with Crippen molar-refractivity contribution >= 4 is 0 Å². The Hall–Kier alpha value is -0.0800. The summed E-state index contributed by atoms with van der Waals surface area (Å²) >= 11 is 0. The first-order valence-electron chi connectivity index (χ1n) is 5.56. The van der Waals surface area contributed by atoms with E-state index in [9.17, 15) is 0 Å². The maximum absolute atomic E-state index is 9.10. The molecule has 0 spiro atoms. The maximum atomic E-state index is 9.10. The van der Waals surface area contributed by atoms with Crippen molar-refractivity contribution in [3.63, 3.8) is 0 Å². The van der Waals surface area contributed by atoms with Crippen LogP contribution in [0.1, 0.15) is 40.0 Å². The minimum absolute atomic E-state index is 0.270. The summed E-state index contributed by atoms with van der Waals surface area (Å²) in [6.45, 7) is 6.92. The van der Waals surface area contributed by atoms with Gasteiger partial charge in [0.2, 0.25) is 0 Å². The smallest absolute Gasteiger partial charge is 0.0584 e. The van der Waals surface area contributed by atoms with Crippen molar-refractivity contribution in [1.29, 1.82) is 0 Å². The second kappa shape index (κ2) is 4.97.